The fourth-order valence-corrected chi connectivity index (χ4v) is 2.15. The first-order valence-corrected chi connectivity index (χ1v) is 6.62. The molecule has 104 valence electrons. The van der Waals surface area contributed by atoms with Crippen molar-refractivity contribution in [2.24, 2.45) is 0 Å². The summed E-state index contributed by atoms with van der Waals surface area (Å²) in [6.45, 7) is 2.08. The number of rotatable bonds is 5. The third kappa shape index (κ3) is 4.33. The molecular weight excluding hydrogens is 244 g/mol. The summed E-state index contributed by atoms with van der Waals surface area (Å²) in [6.07, 6.45) is 2.45. The minimum absolute atomic E-state index is 0.224. The molecule has 1 fully saturated rings. The molecule has 1 aromatic carbocycles. The molecule has 0 N–H and O–H groups in total. The Labute approximate surface area is 113 Å². The molecular formula is C15H20O4. The van der Waals surface area contributed by atoms with Crippen LogP contribution in [-0.4, -0.2) is 32.4 Å². The van der Waals surface area contributed by atoms with E-state index in [1.165, 1.54) is 7.11 Å². The molecule has 0 amide bonds. The van der Waals surface area contributed by atoms with E-state index in [-0.39, 0.29) is 12.1 Å². The number of ether oxygens (including phenoxy) is 3. The van der Waals surface area contributed by atoms with Crippen LogP contribution in [0, 0.1) is 0 Å². The van der Waals surface area contributed by atoms with Crippen molar-refractivity contribution < 1.29 is 19.0 Å². The van der Waals surface area contributed by atoms with E-state index in [1.54, 1.807) is 0 Å². The van der Waals surface area contributed by atoms with Crippen LogP contribution < -0.4 is 0 Å². The molecule has 1 saturated heterocycles. The Kier molecular flexibility index (Phi) is 5.36. The predicted molar refractivity (Wildman–Crippen MR) is 70.8 cm³/mol. The lowest BCUT2D eigenvalue weighted by molar-refractivity contribution is -0.139. The minimum atomic E-state index is -0.224. The second-order valence-corrected chi connectivity index (χ2v) is 4.64. The average molecular weight is 264 g/mol. The summed E-state index contributed by atoms with van der Waals surface area (Å²) in [5.41, 5.74) is 2.03. The van der Waals surface area contributed by atoms with Crippen molar-refractivity contribution in [2.45, 2.75) is 32.0 Å². The molecule has 4 heteroatoms. The van der Waals surface area contributed by atoms with Crippen LogP contribution in [0.5, 0.6) is 0 Å². The highest BCUT2D eigenvalue weighted by atomic mass is 16.5. The average Bonchev–Trinajstić information content (AvgIpc) is 2.47. The normalized spacial score (nSPS) is 16.3. The van der Waals surface area contributed by atoms with Gasteiger partial charge in [-0.25, -0.2) is 0 Å². The molecule has 0 unspecified atom stereocenters. The van der Waals surface area contributed by atoms with E-state index in [0.29, 0.717) is 13.0 Å². The van der Waals surface area contributed by atoms with E-state index in [0.717, 1.165) is 37.2 Å². The summed E-state index contributed by atoms with van der Waals surface area (Å²) in [4.78, 5) is 11.4. The van der Waals surface area contributed by atoms with Crippen LogP contribution in [-0.2, 0) is 32.0 Å². The van der Waals surface area contributed by atoms with Crippen molar-refractivity contribution in [3.8, 4) is 0 Å². The van der Waals surface area contributed by atoms with E-state index < -0.39 is 0 Å². The third-order valence-electron chi connectivity index (χ3n) is 3.32. The largest absolute Gasteiger partial charge is 0.469 e. The first-order valence-electron chi connectivity index (χ1n) is 6.62. The van der Waals surface area contributed by atoms with Crippen molar-refractivity contribution in [3.63, 3.8) is 0 Å². The summed E-state index contributed by atoms with van der Waals surface area (Å²) in [5.74, 6) is -0.224. The Bertz CT molecular complexity index is 410. The Morgan fingerprint density at radius 1 is 1.26 bits per heavy atom. The smallest absolute Gasteiger partial charge is 0.309 e. The fourth-order valence-electron chi connectivity index (χ4n) is 2.15. The lowest BCUT2D eigenvalue weighted by Crippen LogP contribution is -2.23. The highest BCUT2D eigenvalue weighted by molar-refractivity contribution is 5.72. The van der Waals surface area contributed by atoms with Crippen LogP contribution in [0.3, 0.4) is 0 Å². The van der Waals surface area contributed by atoms with Crippen LogP contribution in [0.4, 0.5) is 0 Å². The van der Waals surface area contributed by atoms with Gasteiger partial charge in [-0.2, -0.15) is 0 Å². The maximum atomic E-state index is 11.4. The Balaban J connectivity index is 1.93. The lowest BCUT2D eigenvalue weighted by Gasteiger charge is -2.23. The summed E-state index contributed by atoms with van der Waals surface area (Å²) in [7, 11) is 1.41. The van der Waals surface area contributed by atoms with E-state index >= 15 is 0 Å². The summed E-state index contributed by atoms with van der Waals surface area (Å²) in [5, 5.41) is 0. The SMILES string of the molecule is COC(=O)Cc1ccccc1COC1CCOCC1. The Morgan fingerprint density at radius 3 is 2.63 bits per heavy atom. The molecule has 1 aliphatic heterocycles. The maximum absolute atomic E-state index is 11.4. The quantitative estimate of drug-likeness (QED) is 0.764. The number of esters is 1. The molecule has 0 spiro atoms. The van der Waals surface area contributed by atoms with E-state index in [2.05, 4.69) is 0 Å². The van der Waals surface area contributed by atoms with Gasteiger partial charge in [-0.05, 0) is 24.0 Å². The fraction of sp³-hybridized carbons (Fsp3) is 0.533. The number of hydrogen-bond acceptors (Lipinski definition) is 4. The molecule has 0 saturated carbocycles. The lowest BCUT2D eigenvalue weighted by atomic mass is 10.1. The van der Waals surface area contributed by atoms with Gasteiger partial charge in [-0.1, -0.05) is 24.3 Å². The van der Waals surface area contributed by atoms with E-state index in [4.69, 9.17) is 14.2 Å². The Hall–Kier alpha value is -1.39. The molecule has 0 aromatic heterocycles. The monoisotopic (exact) mass is 264 g/mol. The number of benzene rings is 1. The predicted octanol–water partition coefficient (Wildman–Crippen LogP) is 2.10. The number of carbonyl (C=O) groups is 1. The molecule has 1 aliphatic rings. The van der Waals surface area contributed by atoms with Gasteiger partial charge >= 0.3 is 5.97 Å². The molecule has 4 nitrogen and oxygen atoms in total. The van der Waals surface area contributed by atoms with Crippen molar-refractivity contribution in [1.29, 1.82) is 0 Å². The van der Waals surface area contributed by atoms with Crippen molar-refractivity contribution in [3.05, 3.63) is 35.4 Å². The van der Waals surface area contributed by atoms with Crippen LogP contribution in [0.25, 0.3) is 0 Å². The van der Waals surface area contributed by atoms with Gasteiger partial charge in [0.1, 0.15) is 0 Å². The molecule has 2 rings (SSSR count). The first-order chi connectivity index (χ1) is 9.29. The zero-order valence-corrected chi connectivity index (χ0v) is 11.3. The van der Waals surface area contributed by atoms with Gasteiger partial charge in [0.15, 0.2) is 0 Å². The molecule has 0 aliphatic carbocycles. The van der Waals surface area contributed by atoms with Crippen LogP contribution in [0.2, 0.25) is 0 Å². The van der Waals surface area contributed by atoms with Crippen LogP contribution >= 0.6 is 0 Å². The zero-order valence-electron chi connectivity index (χ0n) is 11.3. The molecule has 0 atom stereocenters. The zero-order chi connectivity index (χ0) is 13.5. The van der Waals surface area contributed by atoms with E-state index in [9.17, 15) is 4.79 Å². The molecule has 19 heavy (non-hydrogen) atoms. The summed E-state index contributed by atoms with van der Waals surface area (Å²) in [6, 6.07) is 7.83. The third-order valence-corrected chi connectivity index (χ3v) is 3.32. The first kappa shape index (κ1) is 14.0. The van der Waals surface area contributed by atoms with E-state index in [1.807, 2.05) is 24.3 Å². The molecule has 0 bridgehead atoms. The van der Waals surface area contributed by atoms with Crippen molar-refractivity contribution in [2.75, 3.05) is 20.3 Å². The van der Waals surface area contributed by atoms with Gasteiger partial charge < -0.3 is 14.2 Å². The molecule has 1 aromatic rings. The summed E-state index contributed by atoms with van der Waals surface area (Å²) >= 11 is 0. The maximum Gasteiger partial charge on any atom is 0.309 e. The highest BCUT2D eigenvalue weighted by Gasteiger charge is 2.15. The van der Waals surface area contributed by atoms with Crippen LogP contribution in [0.1, 0.15) is 24.0 Å². The van der Waals surface area contributed by atoms with Gasteiger partial charge in [0.05, 0.1) is 26.2 Å². The van der Waals surface area contributed by atoms with Gasteiger partial charge in [-0.15, -0.1) is 0 Å². The molecule has 1 heterocycles. The number of methoxy groups -OCH3 is 1. The van der Waals surface area contributed by atoms with Crippen molar-refractivity contribution >= 4 is 5.97 Å². The highest BCUT2D eigenvalue weighted by Crippen LogP contribution is 2.16. The molecule has 0 radical (unpaired) electrons. The van der Waals surface area contributed by atoms with Gasteiger partial charge in [-0.3, -0.25) is 4.79 Å². The Morgan fingerprint density at radius 2 is 1.95 bits per heavy atom. The van der Waals surface area contributed by atoms with Crippen LogP contribution in [0.15, 0.2) is 24.3 Å². The standard InChI is InChI=1S/C15H20O4/c1-17-15(16)10-12-4-2-3-5-13(12)11-19-14-6-8-18-9-7-14/h2-5,14H,6-11H2,1H3. The minimum Gasteiger partial charge on any atom is -0.469 e. The number of hydrogen-bond donors (Lipinski definition) is 0. The second kappa shape index (κ2) is 7.26. The van der Waals surface area contributed by atoms with Crippen molar-refractivity contribution in [1.82, 2.24) is 0 Å². The van der Waals surface area contributed by atoms with Gasteiger partial charge in [0, 0.05) is 13.2 Å². The number of carbonyl (C=O) groups excluding carboxylic acids is 1. The van der Waals surface area contributed by atoms with Gasteiger partial charge in [0.2, 0.25) is 0 Å². The second-order valence-electron chi connectivity index (χ2n) is 4.64. The topological polar surface area (TPSA) is 44.8 Å². The van der Waals surface area contributed by atoms with Gasteiger partial charge in [0.25, 0.3) is 0 Å². The summed E-state index contributed by atoms with van der Waals surface area (Å²) < 4.78 is 15.9.